The van der Waals surface area contributed by atoms with Gasteiger partial charge >= 0.3 is 0 Å². The summed E-state index contributed by atoms with van der Waals surface area (Å²) < 4.78 is 0. The Morgan fingerprint density at radius 1 is 0.585 bits per heavy atom. The topological polar surface area (TPSA) is 302 Å². The smallest absolute Gasteiger partial charge is 0.243 e. The summed E-state index contributed by atoms with van der Waals surface area (Å²) >= 11 is 0. The van der Waals surface area contributed by atoms with E-state index < -0.39 is 41.8 Å². The first-order chi connectivity index (χ1) is 19.2. The van der Waals surface area contributed by atoms with Crippen LogP contribution >= 0.6 is 0 Å². The Hall–Kier alpha value is -4.31. The lowest BCUT2D eigenvalue weighted by molar-refractivity contribution is -0.134. The van der Waals surface area contributed by atoms with E-state index in [1.165, 1.54) is 6.92 Å². The maximum Gasteiger partial charge on any atom is 0.243 e. The Morgan fingerprint density at radius 2 is 1.00 bits per heavy atom. The minimum atomic E-state index is -0.989. The second-order valence-corrected chi connectivity index (χ2v) is 9.85. The fraction of sp³-hybridized carbons (Fsp3) is 0.708. The first kappa shape index (κ1) is 36.7. The third-order valence-corrected chi connectivity index (χ3v) is 5.76. The van der Waals surface area contributed by atoms with Crippen LogP contribution in [0.25, 0.3) is 0 Å². The van der Waals surface area contributed by atoms with Gasteiger partial charge in [0.25, 0.3) is 0 Å². The average molecular weight is 584 g/mol. The molecule has 0 aliphatic rings. The molecule has 1 unspecified atom stereocenters. The molecule has 0 aromatic heterocycles. The van der Waals surface area contributed by atoms with Crippen LogP contribution in [0.3, 0.4) is 0 Å². The van der Waals surface area contributed by atoms with Crippen molar-refractivity contribution in [3.8, 4) is 0 Å². The molecular weight excluding hydrogens is 534 g/mol. The number of unbranched alkanes of at least 4 members (excludes halogenated alkanes) is 1. The molecule has 0 aromatic carbocycles. The van der Waals surface area contributed by atoms with Gasteiger partial charge in [0.1, 0.15) is 18.1 Å². The highest BCUT2D eigenvalue weighted by Gasteiger charge is 2.31. The average Bonchev–Trinajstić information content (AvgIpc) is 2.86. The van der Waals surface area contributed by atoms with Crippen LogP contribution in [0.2, 0.25) is 0 Å². The van der Waals surface area contributed by atoms with Crippen molar-refractivity contribution in [2.45, 2.75) is 77.4 Å². The van der Waals surface area contributed by atoms with Gasteiger partial charge in [-0.3, -0.25) is 35.4 Å². The van der Waals surface area contributed by atoms with Crippen molar-refractivity contribution in [1.82, 2.24) is 37.2 Å². The third kappa shape index (κ3) is 18.6. The van der Waals surface area contributed by atoms with Gasteiger partial charge in [-0.2, -0.15) is 0 Å². The van der Waals surface area contributed by atoms with E-state index in [4.69, 9.17) is 33.4 Å². The number of hydrogen-bond donors (Lipinski definition) is 13. The van der Waals surface area contributed by atoms with Crippen LogP contribution in [-0.4, -0.2) is 85.8 Å². The maximum absolute atomic E-state index is 13.3. The van der Waals surface area contributed by atoms with Crippen LogP contribution in [0.1, 0.15) is 59.3 Å². The highest BCUT2D eigenvalue weighted by molar-refractivity contribution is 5.94. The summed E-state index contributed by atoms with van der Waals surface area (Å²) in [5.41, 5.74) is 15.8. The first-order valence-corrected chi connectivity index (χ1v) is 13.6. The normalized spacial score (nSPS) is 12.7. The van der Waals surface area contributed by atoms with E-state index in [-0.39, 0.29) is 36.6 Å². The maximum atomic E-state index is 13.3. The number of rotatable bonds is 20. The van der Waals surface area contributed by atoms with Crippen molar-refractivity contribution < 1.29 is 19.2 Å². The molecular formula is C24H49N13O4. The molecule has 0 saturated heterocycles. The zero-order valence-corrected chi connectivity index (χ0v) is 24.2. The number of nitrogens with two attached hydrogens (primary N) is 3. The molecule has 0 fully saturated rings. The van der Waals surface area contributed by atoms with Gasteiger partial charge in [-0.15, -0.1) is 0 Å². The Morgan fingerprint density at radius 3 is 1.41 bits per heavy atom. The highest BCUT2D eigenvalue weighted by atomic mass is 16.2. The number of hydrogen-bond acceptors (Lipinski definition) is 7. The predicted molar refractivity (Wildman–Crippen MR) is 157 cm³/mol. The third-order valence-electron chi connectivity index (χ3n) is 5.76. The zero-order chi connectivity index (χ0) is 31.4. The van der Waals surface area contributed by atoms with Crippen molar-refractivity contribution in [2.24, 2.45) is 23.1 Å². The van der Waals surface area contributed by atoms with Crippen molar-refractivity contribution in [2.75, 3.05) is 26.2 Å². The van der Waals surface area contributed by atoms with Gasteiger partial charge in [0.05, 0.1) is 0 Å². The molecule has 0 saturated carbocycles. The monoisotopic (exact) mass is 583 g/mol. The van der Waals surface area contributed by atoms with E-state index >= 15 is 0 Å². The second-order valence-electron chi connectivity index (χ2n) is 9.85. The summed E-state index contributed by atoms with van der Waals surface area (Å²) in [6.07, 6.45) is 2.64. The van der Waals surface area contributed by atoms with Gasteiger partial charge < -0.3 is 54.4 Å². The van der Waals surface area contributed by atoms with Crippen LogP contribution in [0.15, 0.2) is 0 Å². The molecule has 17 nitrogen and oxygen atoms in total. The molecule has 41 heavy (non-hydrogen) atoms. The number of amides is 4. The summed E-state index contributed by atoms with van der Waals surface area (Å²) in [6.45, 7) is 6.26. The van der Waals surface area contributed by atoms with E-state index in [9.17, 15) is 19.2 Å². The second kappa shape index (κ2) is 20.6. The van der Waals surface area contributed by atoms with Crippen molar-refractivity contribution in [3.63, 3.8) is 0 Å². The van der Waals surface area contributed by atoms with Gasteiger partial charge in [-0.05, 0) is 44.4 Å². The summed E-state index contributed by atoms with van der Waals surface area (Å²) in [5.74, 6) is -2.80. The predicted octanol–water partition coefficient (Wildman–Crippen LogP) is -2.98. The summed E-state index contributed by atoms with van der Waals surface area (Å²) in [4.78, 5) is 51.0. The van der Waals surface area contributed by atoms with Crippen LogP contribution in [-0.2, 0) is 19.2 Å². The quantitative estimate of drug-likeness (QED) is 0.0392. The number of nitrogens with one attached hydrogen (secondary N) is 10. The van der Waals surface area contributed by atoms with Crippen LogP contribution < -0.4 is 54.4 Å². The van der Waals surface area contributed by atoms with Gasteiger partial charge in [0.15, 0.2) is 17.9 Å². The van der Waals surface area contributed by atoms with Crippen LogP contribution in [0, 0.1) is 22.1 Å². The zero-order valence-electron chi connectivity index (χ0n) is 24.2. The molecule has 234 valence electrons. The number of carbonyl (C=O) groups excluding carboxylic acids is 4. The molecule has 0 bridgehead atoms. The van der Waals surface area contributed by atoms with Gasteiger partial charge in [-0.25, -0.2) is 0 Å². The lowest BCUT2D eigenvalue weighted by atomic mass is 10.0. The lowest BCUT2D eigenvalue weighted by Crippen LogP contribution is -2.58. The van der Waals surface area contributed by atoms with E-state index in [0.717, 1.165) is 0 Å². The molecule has 0 rings (SSSR count). The van der Waals surface area contributed by atoms with Gasteiger partial charge in [-0.1, -0.05) is 13.8 Å². The molecule has 3 atom stereocenters. The van der Waals surface area contributed by atoms with Crippen LogP contribution in [0.5, 0.6) is 0 Å². The fourth-order valence-electron chi connectivity index (χ4n) is 3.70. The van der Waals surface area contributed by atoms with Crippen molar-refractivity contribution in [3.05, 3.63) is 0 Å². The molecule has 17 heteroatoms. The Balaban J connectivity index is 5.34. The van der Waals surface area contributed by atoms with Gasteiger partial charge in [0, 0.05) is 33.1 Å². The summed E-state index contributed by atoms with van der Waals surface area (Å²) in [7, 11) is 0. The molecule has 0 aromatic rings. The number of guanidine groups is 3. The first-order valence-electron chi connectivity index (χ1n) is 13.6. The molecule has 16 N–H and O–H groups in total. The van der Waals surface area contributed by atoms with Crippen LogP contribution in [0.4, 0.5) is 0 Å². The fourth-order valence-corrected chi connectivity index (χ4v) is 3.70. The molecule has 4 amide bonds. The van der Waals surface area contributed by atoms with Crippen molar-refractivity contribution >= 4 is 41.5 Å². The van der Waals surface area contributed by atoms with Crippen molar-refractivity contribution in [1.29, 1.82) is 16.2 Å². The van der Waals surface area contributed by atoms with Gasteiger partial charge in [0.2, 0.25) is 23.6 Å². The Bertz CT molecular complexity index is 897. The molecule has 0 spiro atoms. The summed E-state index contributed by atoms with van der Waals surface area (Å²) in [6, 6.07) is -2.81. The standard InChI is InChI=1S/C24H49N13O4/c1-14(2)18(37-20(40)17(35-15(3)38)9-7-13-34-24(29)30)21(41)36-16(8-6-12-33-23(27)28)19(39)31-10-4-5-11-32-22(25)26/h14,16-18H,4-13H2,1-3H3,(H,31,39)(H,35,38)(H,36,41)(H,37,40)(H4,25,26,32)(H4,27,28,33)(H4,29,30,34)/t16-,17-,18?/m0/s1. The largest absolute Gasteiger partial charge is 0.370 e. The summed E-state index contributed by atoms with van der Waals surface area (Å²) in [5, 5.41) is 40.4. The van der Waals surface area contributed by atoms with E-state index in [1.54, 1.807) is 13.8 Å². The van der Waals surface area contributed by atoms with E-state index in [0.29, 0.717) is 51.9 Å². The van der Waals surface area contributed by atoms with E-state index in [1.807, 2.05) is 0 Å². The number of carbonyl (C=O) groups is 4. The minimum absolute atomic E-state index is 0.129. The Labute approximate surface area is 241 Å². The Kier molecular flexibility index (Phi) is 18.4. The molecule has 0 heterocycles. The molecule has 0 aliphatic carbocycles. The molecule has 0 radical (unpaired) electrons. The van der Waals surface area contributed by atoms with E-state index in [2.05, 4.69) is 37.2 Å². The molecule has 0 aliphatic heterocycles. The lowest BCUT2D eigenvalue weighted by Gasteiger charge is -2.27. The minimum Gasteiger partial charge on any atom is -0.370 e. The highest BCUT2D eigenvalue weighted by Crippen LogP contribution is 2.07. The SMILES string of the molecule is CC(=O)N[C@@H](CCCNC(=N)N)C(=O)NC(C(=O)N[C@@H](CCCNC(=N)N)C(=O)NCCCCNC(=N)N)C(C)C.